The van der Waals surface area contributed by atoms with E-state index in [0.717, 1.165) is 33.9 Å². The third kappa shape index (κ3) is 4.69. The Kier molecular flexibility index (Phi) is 6.98. The third-order valence-electron chi connectivity index (χ3n) is 7.21. The molecule has 2 heterocycles. The van der Waals surface area contributed by atoms with Gasteiger partial charge in [-0.1, -0.05) is 104 Å². The lowest BCUT2D eigenvalue weighted by Crippen LogP contribution is -2.26. The lowest BCUT2D eigenvalue weighted by Gasteiger charge is -2.28. The van der Waals surface area contributed by atoms with Crippen molar-refractivity contribution in [2.24, 2.45) is 5.10 Å². The van der Waals surface area contributed by atoms with Crippen LogP contribution < -0.4 is 9.75 Å². The van der Waals surface area contributed by atoms with Crippen molar-refractivity contribution in [2.45, 2.75) is 32.2 Å². The van der Waals surface area contributed by atoms with Crippen LogP contribution >= 0.6 is 0 Å². The Hall–Kier alpha value is -4.97. The second-order valence-electron chi connectivity index (χ2n) is 9.74. The van der Waals surface area contributed by atoms with Gasteiger partial charge in [-0.05, 0) is 42.3 Å². The number of rotatable bonds is 7. The number of nitrogens with zero attached hydrogens (tertiary/aromatic N) is 4. The van der Waals surface area contributed by atoms with Crippen molar-refractivity contribution in [3.63, 3.8) is 0 Å². The van der Waals surface area contributed by atoms with Crippen molar-refractivity contribution in [2.75, 3.05) is 5.01 Å². The van der Waals surface area contributed by atoms with Crippen LogP contribution in [-0.2, 0) is 4.79 Å². The highest BCUT2D eigenvalue weighted by Gasteiger charge is 2.44. The number of hydrogen-bond acceptors (Lipinski definition) is 5. The first kappa shape index (κ1) is 25.3. The van der Waals surface area contributed by atoms with Gasteiger partial charge in [0, 0.05) is 6.42 Å². The number of benzene rings is 4. The van der Waals surface area contributed by atoms with Gasteiger partial charge in [-0.25, -0.2) is 4.68 Å². The van der Waals surface area contributed by atoms with E-state index in [0.29, 0.717) is 11.4 Å². The number of aromatic nitrogens is 2. The molecule has 4 aromatic carbocycles. The van der Waals surface area contributed by atoms with E-state index in [4.69, 9.17) is 14.9 Å². The molecule has 0 unspecified atom stereocenters. The van der Waals surface area contributed by atoms with E-state index in [1.165, 1.54) is 0 Å². The van der Waals surface area contributed by atoms with Crippen molar-refractivity contribution in [3.05, 3.63) is 144 Å². The maximum absolute atomic E-state index is 12.7. The van der Waals surface area contributed by atoms with Gasteiger partial charge in [0.15, 0.2) is 5.75 Å². The Morgan fingerprint density at radius 2 is 1.32 bits per heavy atom. The van der Waals surface area contributed by atoms with Crippen LogP contribution in [0.15, 0.2) is 126 Å². The summed E-state index contributed by atoms with van der Waals surface area (Å²) in [7, 11) is 0. The van der Waals surface area contributed by atoms with Crippen LogP contribution in [0.1, 0.15) is 47.8 Å². The van der Waals surface area contributed by atoms with E-state index in [-0.39, 0.29) is 24.3 Å². The zero-order valence-electron chi connectivity index (χ0n) is 22.5. The molecule has 0 aliphatic carbocycles. The van der Waals surface area contributed by atoms with E-state index in [9.17, 15) is 4.79 Å². The van der Waals surface area contributed by atoms with Crippen molar-refractivity contribution in [3.8, 4) is 11.4 Å². The minimum Gasteiger partial charge on any atom is -0.422 e. The van der Waals surface area contributed by atoms with Crippen LogP contribution in [0.25, 0.3) is 5.69 Å². The molecule has 6 rings (SSSR count). The quantitative estimate of drug-likeness (QED) is 0.210. The highest BCUT2D eigenvalue weighted by atomic mass is 16.5. The molecule has 0 spiro atoms. The van der Waals surface area contributed by atoms with Gasteiger partial charge in [-0.2, -0.15) is 10.2 Å². The summed E-state index contributed by atoms with van der Waals surface area (Å²) in [5, 5.41) is 12.4. The summed E-state index contributed by atoms with van der Waals surface area (Å²) in [4.78, 5) is 12.7. The van der Waals surface area contributed by atoms with E-state index >= 15 is 0 Å². The topological polar surface area (TPSA) is 59.7 Å². The van der Waals surface area contributed by atoms with Gasteiger partial charge in [0.05, 0.1) is 28.7 Å². The molecule has 0 N–H and O–H groups in total. The van der Waals surface area contributed by atoms with E-state index in [2.05, 4.69) is 24.3 Å². The summed E-state index contributed by atoms with van der Waals surface area (Å²) in [6, 6.07) is 40.3. The van der Waals surface area contributed by atoms with Crippen molar-refractivity contribution >= 4 is 17.4 Å². The van der Waals surface area contributed by atoms with E-state index in [1.54, 1.807) is 6.92 Å². The first-order valence-corrected chi connectivity index (χ1v) is 13.5. The molecule has 6 nitrogen and oxygen atoms in total. The summed E-state index contributed by atoms with van der Waals surface area (Å²) in [5.74, 6) is -0.00447. The van der Waals surface area contributed by atoms with Gasteiger partial charge in [-0.15, -0.1) is 0 Å². The molecule has 0 saturated carbocycles. The summed E-state index contributed by atoms with van der Waals surface area (Å²) in [6.45, 7) is 3.74. The van der Waals surface area contributed by atoms with Gasteiger partial charge in [0.2, 0.25) is 0 Å². The second kappa shape index (κ2) is 11.0. The summed E-state index contributed by atoms with van der Waals surface area (Å²) >= 11 is 0. The van der Waals surface area contributed by atoms with Crippen LogP contribution in [-0.4, -0.2) is 21.5 Å². The highest BCUT2D eigenvalue weighted by molar-refractivity contribution is 6.08. The van der Waals surface area contributed by atoms with Gasteiger partial charge < -0.3 is 4.74 Å². The van der Waals surface area contributed by atoms with Gasteiger partial charge in [0.25, 0.3) is 0 Å². The largest absolute Gasteiger partial charge is 0.422 e. The zero-order valence-corrected chi connectivity index (χ0v) is 22.5. The molecule has 1 aromatic heterocycles. The van der Waals surface area contributed by atoms with Crippen LogP contribution in [0.3, 0.4) is 0 Å². The fourth-order valence-corrected chi connectivity index (χ4v) is 5.29. The number of anilines is 1. The molecule has 198 valence electrons. The van der Waals surface area contributed by atoms with Crippen molar-refractivity contribution in [1.29, 1.82) is 0 Å². The number of esters is 1. The van der Waals surface area contributed by atoms with Crippen LogP contribution in [0.4, 0.5) is 5.69 Å². The molecule has 2 atom stereocenters. The first-order chi connectivity index (χ1) is 19.7. The van der Waals surface area contributed by atoms with E-state index in [1.807, 2.05) is 114 Å². The first-order valence-electron chi connectivity index (χ1n) is 13.5. The highest BCUT2D eigenvalue weighted by Crippen LogP contribution is 2.48. The fraction of sp³-hybridized carbons (Fsp3) is 0.147. The van der Waals surface area contributed by atoms with Crippen LogP contribution in [0, 0.1) is 6.92 Å². The van der Waals surface area contributed by atoms with Gasteiger partial charge in [0.1, 0.15) is 11.7 Å². The Labute approximate surface area is 234 Å². The predicted molar refractivity (Wildman–Crippen MR) is 158 cm³/mol. The number of carbonyl (C=O) groups is 1. The molecule has 0 bridgehead atoms. The summed E-state index contributed by atoms with van der Waals surface area (Å²) in [6.07, 6.45) is 0.260. The molecule has 0 saturated heterocycles. The smallest absolute Gasteiger partial charge is 0.311 e. The maximum atomic E-state index is 12.7. The molecule has 0 fully saturated rings. The molecule has 6 heteroatoms. The number of hydrogen-bond donors (Lipinski definition) is 0. The minimum absolute atomic E-state index is 0.179. The number of carbonyl (C=O) groups excluding carboxylic acids is 1. The number of hydrazone groups is 1. The molecule has 1 aliphatic rings. The predicted octanol–water partition coefficient (Wildman–Crippen LogP) is 7.25. The van der Waals surface area contributed by atoms with Crippen molar-refractivity contribution in [1.82, 2.24) is 9.78 Å². The van der Waals surface area contributed by atoms with Gasteiger partial charge >= 0.3 is 5.97 Å². The molecule has 0 radical (unpaired) electrons. The minimum atomic E-state index is -0.372. The zero-order chi connectivity index (χ0) is 27.5. The SMILES string of the molecule is CCC(=O)Oc1c([C@@H]2[C@H](c3ccccc3)C(c3ccccc3)=NN2c2ccccc2)nn(-c2ccccc2)c1C. The van der Waals surface area contributed by atoms with Crippen molar-refractivity contribution < 1.29 is 9.53 Å². The third-order valence-corrected chi connectivity index (χ3v) is 7.21. The van der Waals surface area contributed by atoms with E-state index < -0.39 is 0 Å². The van der Waals surface area contributed by atoms with Gasteiger partial charge in [-0.3, -0.25) is 9.80 Å². The lowest BCUT2D eigenvalue weighted by atomic mass is 9.83. The molecular weight excluding hydrogens is 496 g/mol. The molecular formula is C34H30N4O2. The Morgan fingerprint density at radius 3 is 1.93 bits per heavy atom. The second-order valence-corrected chi connectivity index (χ2v) is 9.74. The normalized spacial score (nSPS) is 16.6. The monoisotopic (exact) mass is 526 g/mol. The lowest BCUT2D eigenvalue weighted by molar-refractivity contribution is -0.134. The van der Waals surface area contributed by atoms with Crippen LogP contribution in [0.2, 0.25) is 0 Å². The molecule has 40 heavy (non-hydrogen) atoms. The molecule has 1 aliphatic heterocycles. The number of para-hydroxylation sites is 2. The Balaban J connectivity index is 1.61. The maximum Gasteiger partial charge on any atom is 0.311 e. The Bertz CT molecular complexity index is 1630. The molecule has 5 aromatic rings. The Morgan fingerprint density at radius 1 is 0.775 bits per heavy atom. The summed E-state index contributed by atoms with van der Waals surface area (Å²) in [5.41, 5.74) is 6.31. The average molecular weight is 527 g/mol. The standard InChI is InChI=1S/C34H30N4O2/c1-3-29(39)40-34-24(2)37(27-20-12-6-13-21-27)36-32(34)33-30(25-16-8-4-9-17-25)31(26-18-10-5-11-19-26)35-38(33)28-22-14-7-15-23-28/h4-23,30,33H,3H2,1-2H3/t30-,33+/m1/s1. The average Bonchev–Trinajstić information content (AvgIpc) is 3.57. The fourth-order valence-electron chi connectivity index (χ4n) is 5.29. The number of ether oxygens (including phenoxy) is 1. The van der Waals surface area contributed by atoms with Crippen LogP contribution in [0.5, 0.6) is 5.75 Å². The summed E-state index contributed by atoms with van der Waals surface area (Å²) < 4.78 is 7.91. The molecule has 0 amide bonds.